The predicted molar refractivity (Wildman–Crippen MR) is 81.4 cm³/mol. The van der Waals surface area contributed by atoms with Crippen molar-refractivity contribution in [3.05, 3.63) is 21.4 Å². The van der Waals surface area contributed by atoms with E-state index < -0.39 is 11.4 Å². The van der Waals surface area contributed by atoms with Crippen LogP contribution < -0.4 is 5.32 Å². The molecule has 0 atom stereocenters. The molecular weight excluding hydrogens is 274 g/mol. The Balaban J connectivity index is 2.55. The van der Waals surface area contributed by atoms with Gasteiger partial charge in [-0.3, -0.25) is 9.59 Å². The van der Waals surface area contributed by atoms with E-state index in [1.54, 1.807) is 13.8 Å². The molecule has 0 aliphatic carbocycles. The summed E-state index contributed by atoms with van der Waals surface area (Å²) in [5, 5.41) is 11.8. The monoisotopic (exact) mass is 297 g/mol. The van der Waals surface area contributed by atoms with Crippen molar-refractivity contribution in [2.45, 2.75) is 47.0 Å². The number of hydrogen-bond donors (Lipinski definition) is 2. The number of aliphatic carboxylic acids is 1. The fraction of sp³-hybridized carbons (Fsp3) is 0.600. The molecule has 1 rings (SSSR count). The van der Waals surface area contributed by atoms with Gasteiger partial charge in [0.15, 0.2) is 0 Å². The van der Waals surface area contributed by atoms with E-state index in [1.165, 1.54) is 21.8 Å². The highest BCUT2D eigenvalue weighted by Gasteiger charge is 2.26. The molecule has 0 saturated carbocycles. The van der Waals surface area contributed by atoms with Crippen LogP contribution in [0.15, 0.2) is 6.07 Å². The van der Waals surface area contributed by atoms with E-state index in [9.17, 15) is 9.59 Å². The van der Waals surface area contributed by atoms with Crippen molar-refractivity contribution >= 4 is 23.2 Å². The van der Waals surface area contributed by atoms with Crippen molar-refractivity contribution in [3.63, 3.8) is 0 Å². The molecule has 0 fully saturated rings. The van der Waals surface area contributed by atoms with Gasteiger partial charge in [0.2, 0.25) is 0 Å². The lowest BCUT2D eigenvalue weighted by atomic mass is 9.90. The van der Waals surface area contributed by atoms with Crippen LogP contribution in [0.5, 0.6) is 0 Å². The lowest BCUT2D eigenvalue weighted by Crippen LogP contribution is -2.31. The lowest BCUT2D eigenvalue weighted by molar-refractivity contribution is -0.147. The molecule has 0 radical (unpaired) electrons. The fourth-order valence-electron chi connectivity index (χ4n) is 1.83. The number of hydrogen-bond acceptors (Lipinski definition) is 3. The Morgan fingerprint density at radius 3 is 2.60 bits per heavy atom. The Morgan fingerprint density at radius 1 is 1.40 bits per heavy atom. The maximum absolute atomic E-state index is 12.0. The number of thiophene rings is 1. The van der Waals surface area contributed by atoms with Crippen LogP contribution in [0.2, 0.25) is 0 Å². The largest absolute Gasteiger partial charge is 0.481 e. The first kappa shape index (κ1) is 16.7. The highest BCUT2D eigenvalue weighted by atomic mass is 32.1. The Labute approximate surface area is 124 Å². The average molecular weight is 297 g/mol. The number of rotatable bonds is 7. The summed E-state index contributed by atoms with van der Waals surface area (Å²) in [5.74, 6) is -0.953. The SMILES string of the molecule is CCCc1cc(C(=O)NCCC(C)(C)C(=O)O)sc1C. The van der Waals surface area contributed by atoms with Gasteiger partial charge < -0.3 is 10.4 Å². The third-order valence-corrected chi connectivity index (χ3v) is 4.47. The number of carboxylic acid groups (broad SMARTS) is 1. The number of amides is 1. The molecule has 20 heavy (non-hydrogen) atoms. The Kier molecular flexibility index (Phi) is 5.74. The third kappa shape index (κ3) is 4.34. The molecule has 1 amide bonds. The number of carbonyl (C=O) groups is 2. The second kappa shape index (κ2) is 6.88. The molecule has 0 saturated heterocycles. The minimum atomic E-state index is -0.844. The van der Waals surface area contributed by atoms with Gasteiger partial charge in [-0.25, -0.2) is 0 Å². The Bertz CT molecular complexity index is 491. The summed E-state index contributed by atoms with van der Waals surface area (Å²) >= 11 is 1.50. The zero-order chi connectivity index (χ0) is 15.3. The van der Waals surface area contributed by atoms with Crippen molar-refractivity contribution < 1.29 is 14.7 Å². The number of carboxylic acids is 1. The van der Waals surface area contributed by atoms with Crippen molar-refractivity contribution in [2.24, 2.45) is 5.41 Å². The van der Waals surface area contributed by atoms with Crippen LogP contribution >= 0.6 is 11.3 Å². The van der Waals surface area contributed by atoms with Gasteiger partial charge in [-0.1, -0.05) is 13.3 Å². The lowest BCUT2D eigenvalue weighted by Gasteiger charge is -2.18. The molecule has 0 aliphatic rings. The summed E-state index contributed by atoms with van der Waals surface area (Å²) in [6, 6.07) is 1.95. The predicted octanol–water partition coefficient (Wildman–Crippen LogP) is 3.24. The second-order valence-electron chi connectivity index (χ2n) is 5.64. The van der Waals surface area contributed by atoms with Crippen LogP contribution in [0.25, 0.3) is 0 Å². The molecule has 1 aromatic rings. The molecule has 4 nitrogen and oxygen atoms in total. The van der Waals surface area contributed by atoms with Gasteiger partial charge in [0.05, 0.1) is 10.3 Å². The van der Waals surface area contributed by atoms with Gasteiger partial charge >= 0.3 is 5.97 Å². The molecule has 2 N–H and O–H groups in total. The summed E-state index contributed by atoms with van der Waals surface area (Å²) in [4.78, 5) is 24.9. The maximum Gasteiger partial charge on any atom is 0.309 e. The van der Waals surface area contributed by atoms with E-state index in [0.717, 1.165) is 12.8 Å². The van der Waals surface area contributed by atoms with Crippen LogP contribution in [0.3, 0.4) is 0 Å². The van der Waals surface area contributed by atoms with Gasteiger partial charge in [-0.15, -0.1) is 11.3 Å². The minimum absolute atomic E-state index is 0.110. The summed E-state index contributed by atoms with van der Waals surface area (Å²) in [7, 11) is 0. The molecule has 0 spiro atoms. The molecule has 0 aliphatic heterocycles. The smallest absolute Gasteiger partial charge is 0.309 e. The van der Waals surface area contributed by atoms with Crippen molar-refractivity contribution in [1.82, 2.24) is 5.32 Å². The molecule has 0 bridgehead atoms. The summed E-state index contributed by atoms with van der Waals surface area (Å²) in [6.45, 7) is 7.84. The van der Waals surface area contributed by atoms with E-state index >= 15 is 0 Å². The van der Waals surface area contributed by atoms with Crippen molar-refractivity contribution in [3.8, 4) is 0 Å². The van der Waals surface area contributed by atoms with Crippen LogP contribution in [-0.4, -0.2) is 23.5 Å². The summed E-state index contributed by atoms with van der Waals surface area (Å²) in [5.41, 5.74) is 0.417. The first-order valence-electron chi connectivity index (χ1n) is 6.89. The van der Waals surface area contributed by atoms with E-state index in [1.807, 2.05) is 13.0 Å². The van der Waals surface area contributed by atoms with E-state index in [2.05, 4.69) is 12.2 Å². The third-order valence-electron chi connectivity index (χ3n) is 3.38. The molecule has 0 aromatic carbocycles. The van der Waals surface area contributed by atoms with Gasteiger partial charge in [0, 0.05) is 11.4 Å². The fourth-order valence-corrected chi connectivity index (χ4v) is 2.82. The Morgan fingerprint density at radius 2 is 2.05 bits per heavy atom. The maximum atomic E-state index is 12.0. The normalized spacial score (nSPS) is 11.4. The average Bonchev–Trinajstić information content (AvgIpc) is 2.71. The van der Waals surface area contributed by atoms with Gasteiger partial charge in [0.1, 0.15) is 0 Å². The van der Waals surface area contributed by atoms with Crippen LogP contribution in [0.1, 0.15) is 53.7 Å². The Hall–Kier alpha value is -1.36. The second-order valence-corrected chi connectivity index (χ2v) is 6.89. The van der Waals surface area contributed by atoms with E-state index in [-0.39, 0.29) is 5.91 Å². The summed E-state index contributed by atoms with van der Waals surface area (Å²) < 4.78 is 0. The molecule has 0 unspecified atom stereocenters. The highest BCUT2D eigenvalue weighted by molar-refractivity contribution is 7.14. The minimum Gasteiger partial charge on any atom is -0.481 e. The standard InChI is InChI=1S/C15H23NO3S/c1-5-6-11-9-12(20-10(11)2)13(17)16-8-7-15(3,4)14(18)19/h9H,5-8H2,1-4H3,(H,16,17)(H,18,19). The first-order chi connectivity index (χ1) is 9.27. The molecule has 1 heterocycles. The zero-order valence-electron chi connectivity index (χ0n) is 12.6. The number of nitrogens with one attached hydrogen (secondary N) is 1. The van der Waals surface area contributed by atoms with Crippen LogP contribution in [0, 0.1) is 12.3 Å². The topological polar surface area (TPSA) is 66.4 Å². The van der Waals surface area contributed by atoms with Gasteiger partial charge in [0.25, 0.3) is 5.91 Å². The molecule has 5 heteroatoms. The highest BCUT2D eigenvalue weighted by Crippen LogP contribution is 2.23. The number of carbonyl (C=O) groups excluding carboxylic acids is 1. The molecule has 112 valence electrons. The van der Waals surface area contributed by atoms with Crippen molar-refractivity contribution in [2.75, 3.05) is 6.54 Å². The quantitative estimate of drug-likeness (QED) is 0.812. The van der Waals surface area contributed by atoms with E-state index in [4.69, 9.17) is 5.11 Å². The molecular formula is C15H23NO3S. The van der Waals surface area contributed by atoms with E-state index in [0.29, 0.717) is 17.8 Å². The first-order valence-corrected chi connectivity index (χ1v) is 7.70. The number of aryl methyl sites for hydroxylation is 2. The zero-order valence-corrected chi connectivity index (χ0v) is 13.4. The van der Waals surface area contributed by atoms with Gasteiger partial charge in [-0.05, 0) is 45.2 Å². The van der Waals surface area contributed by atoms with Crippen LogP contribution in [-0.2, 0) is 11.2 Å². The van der Waals surface area contributed by atoms with Crippen LogP contribution in [0.4, 0.5) is 0 Å². The van der Waals surface area contributed by atoms with Gasteiger partial charge in [-0.2, -0.15) is 0 Å². The summed E-state index contributed by atoms with van der Waals surface area (Å²) in [6.07, 6.45) is 2.47. The molecule has 1 aromatic heterocycles. The van der Waals surface area contributed by atoms with Crippen molar-refractivity contribution in [1.29, 1.82) is 0 Å².